The van der Waals surface area contributed by atoms with Crippen molar-refractivity contribution >= 4 is 6.09 Å². The fourth-order valence-electron chi connectivity index (χ4n) is 2.16. The summed E-state index contributed by atoms with van der Waals surface area (Å²) in [6, 6.07) is 9.96. The Morgan fingerprint density at radius 3 is 2.64 bits per heavy atom. The van der Waals surface area contributed by atoms with Gasteiger partial charge in [0.15, 0.2) is 0 Å². The van der Waals surface area contributed by atoms with Crippen LogP contribution < -0.4 is 5.32 Å². The third kappa shape index (κ3) is 4.62. The van der Waals surface area contributed by atoms with Gasteiger partial charge in [0.25, 0.3) is 0 Å². The molecule has 1 heterocycles. The molecule has 0 aliphatic rings. The number of hydrogen-bond donors (Lipinski definition) is 1. The lowest BCUT2D eigenvalue weighted by molar-refractivity contribution is 0.0506. The van der Waals surface area contributed by atoms with Crippen molar-refractivity contribution in [1.29, 1.82) is 0 Å². The lowest BCUT2D eigenvalue weighted by atomic mass is 10.2. The van der Waals surface area contributed by atoms with Crippen LogP contribution in [0.25, 0.3) is 0 Å². The summed E-state index contributed by atoms with van der Waals surface area (Å²) < 4.78 is 7.31. The minimum absolute atomic E-state index is 0.180. The topological polar surface area (TPSA) is 56.1 Å². The largest absolute Gasteiger partial charge is 0.444 e. The number of aromatic nitrogens is 2. The minimum atomic E-state index is -0.506. The number of rotatable bonds is 4. The first-order chi connectivity index (χ1) is 10.3. The second kappa shape index (κ2) is 6.64. The number of carbonyl (C=O) groups excluding carboxylic acids is 1. The van der Waals surface area contributed by atoms with E-state index >= 15 is 0 Å². The zero-order valence-corrected chi connectivity index (χ0v) is 13.5. The molecular weight excluding hydrogens is 278 g/mol. The Hall–Kier alpha value is -2.30. The number of benzene rings is 1. The van der Waals surface area contributed by atoms with Gasteiger partial charge in [-0.2, -0.15) is 0 Å². The van der Waals surface area contributed by atoms with Crippen LogP contribution in [0, 0.1) is 0 Å². The summed E-state index contributed by atoms with van der Waals surface area (Å²) in [5.74, 6) is 0. The summed E-state index contributed by atoms with van der Waals surface area (Å²) in [5.41, 5.74) is 1.62. The van der Waals surface area contributed by atoms with E-state index in [1.165, 1.54) is 5.56 Å². The van der Waals surface area contributed by atoms with Crippen molar-refractivity contribution in [2.75, 3.05) is 0 Å². The SMILES string of the molecule is CC(NC(=O)OC(C)(C)C)c1cncn1Cc1ccccc1. The van der Waals surface area contributed by atoms with Gasteiger partial charge in [-0.25, -0.2) is 9.78 Å². The van der Waals surface area contributed by atoms with E-state index < -0.39 is 11.7 Å². The van der Waals surface area contributed by atoms with E-state index in [1.807, 2.05) is 50.5 Å². The Morgan fingerprint density at radius 2 is 2.00 bits per heavy atom. The highest BCUT2D eigenvalue weighted by molar-refractivity contribution is 5.68. The number of hydrogen-bond acceptors (Lipinski definition) is 3. The molecule has 1 unspecified atom stereocenters. The van der Waals surface area contributed by atoms with E-state index in [0.717, 1.165) is 12.2 Å². The summed E-state index contributed by atoms with van der Waals surface area (Å²) in [6.45, 7) is 8.17. The average Bonchev–Trinajstić information content (AvgIpc) is 2.85. The fraction of sp³-hybridized carbons (Fsp3) is 0.412. The normalized spacial score (nSPS) is 12.7. The van der Waals surface area contributed by atoms with Crippen LogP contribution in [0.1, 0.15) is 45.0 Å². The average molecular weight is 301 g/mol. The number of carbonyl (C=O) groups is 1. The maximum atomic E-state index is 11.9. The van der Waals surface area contributed by atoms with Crippen LogP contribution in [0.5, 0.6) is 0 Å². The molecule has 0 aliphatic carbocycles. The summed E-state index contributed by atoms with van der Waals surface area (Å²) in [4.78, 5) is 16.1. The number of alkyl carbamates (subject to hydrolysis) is 1. The molecule has 0 aliphatic heterocycles. The molecule has 118 valence electrons. The van der Waals surface area contributed by atoms with Crippen molar-refractivity contribution in [2.45, 2.75) is 45.9 Å². The second-order valence-corrected chi connectivity index (χ2v) is 6.30. The van der Waals surface area contributed by atoms with Crippen LogP contribution in [0.2, 0.25) is 0 Å². The Kier molecular flexibility index (Phi) is 4.85. The number of amides is 1. The Morgan fingerprint density at radius 1 is 1.32 bits per heavy atom. The van der Waals surface area contributed by atoms with Gasteiger partial charge in [-0.15, -0.1) is 0 Å². The first-order valence-corrected chi connectivity index (χ1v) is 7.38. The van der Waals surface area contributed by atoms with E-state index in [4.69, 9.17) is 4.74 Å². The smallest absolute Gasteiger partial charge is 0.408 e. The molecule has 2 aromatic rings. The van der Waals surface area contributed by atoms with Gasteiger partial charge in [-0.05, 0) is 33.3 Å². The Balaban J connectivity index is 2.03. The molecule has 0 saturated heterocycles. The highest BCUT2D eigenvalue weighted by Gasteiger charge is 2.19. The lowest BCUT2D eigenvalue weighted by Crippen LogP contribution is -2.34. The maximum Gasteiger partial charge on any atom is 0.408 e. The van der Waals surface area contributed by atoms with Gasteiger partial charge >= 0.3 is 6.09 Å². The zero-order chi connectivity index (χ0) is 16.2. The molecule has 1 atom stereocenters. The number of nitrogens with zero attached hydrogens (tertiary/aromatic N) is 2. The van der Waals surface area contributed by atoms with Gasteiger partial charge in [0.1, 0.15) is 5.60 Å². The van der Waals surface area contributed by atoms with Crippen molar-refractivity contribution in [1.82, 2.24) is 14.9 Å². The number of ether oxygens (including phenoxy) is 1. The quantitative estimate of drug-likeness (QED) is 0.940. The first kappa shape index (κ1) is 16.1. The van der Waals surface area contributed by atoms with Crippen molar-refractivity contribution < 1.29 is 9.53 Å². The molecule has 2 rings (SSSR count). The number of nitrogens with one attached hydrogen (secondary N) is 1. The summed E-state index contributed by atoms with van der Waals surface area (Å²) in [6.07, 6.45) is 3.12. The van der Waals surface area contributed by atoms with Crippen LogP contribution in [-0.2, 0) is 11.3 Å². The second-order valence-electron chi connectivity index (χ2n) is 6.30. The van der Waals surface area contributed by atoms with Gasteiger partial charge < -0.3 is 14.6 Å². The van der Waals surface area contributed by atoms with Crippen LogP contribution >= 0.6 is 0 Å². The van der Waals surface area contributed by atoms with Gasteiger partial charge in [0, 0.05) is 6.54 Å². The Labute approximate surface area is 131 Å². The molecule has 5 nitrogen and oxygen atoms in total. The van der Waals surface area contributed by atoms with Gasteiger partial charge in [0.05, 0.1) is 24.3 Å². The predicted molar refractivity (Wildman–Crippen MR) is 85.6 cm³/mol. The summed E-state index contributed by atoms with van der Waals surface area (Å²) in [5, 5.41) is 2.84. The zero-order valence-electron chi connectivity index (χ0n) is 13.5. The number of imidazole rings is 1. The van der Waals surface area contributed by atoms with Crippen LogP contribution in [0.4, 0.5) is 4.79 Å². The van der Waals surface area contributed by atoms with Crippen molar-refractivity contribution in [2.24, 2.45) is 0 Å². The maximum absolute atomic E-state index is 11.9. The monoisotopic (exact) mass is 301 g/mol. The van der Waals surface area contributed by atoms with Crippen LogP contribution in [-0.4, -0.2) is 21.2 Å². The van der Waals surface area contributed by atoms with E-state index in [0.29, 0.717) is 0 Å². The van der Waals surface area contributed by atoms with E-state index in [9.17, 15) is 4.79 Å². The first-order valence-electron chi connectivity index (χ1n) is 7.38. The molecule has 5 heteroatoms. The third-order valence-corrected chi connectivity index (χ3v) is 3.12. The lowest BCUT2D eigenvalue weighted by Gasteiger charge is -2.22. The molecule has 1 N–H and O–H groups in total. The van der Waals surface area contributed by atoms with Gasteiger partial charge in [0.2, 0.25) is 0 Å². The van der Waals surface area contributed by atoms with Crippen LogP contribution in [0.15, 0.2) is 42.9 Å². The molecular formula is C17H23N3O2. The predicted octanol–water partition coefficient (Wildman–Crippen LogP) is 3.52. The van der Waals surface area contributed by atoms with Crippen molar-refractivity contribution in [3.8, 4) is 0 Å². The molecule has 1 amide bonds. The fourth-order valence-corrected chi connectivity index (χ4v) is 2.16. The molecule has 0 radical (unpaired) electrons. The van der Waals surface area contributed by atoms with E-state index in [2.05, 4.69) is 22.4 Å². The highest BCUT2D eigenvalue weighted by atomic mass is 16.6. The summed E-state index contributed by atoms with van der Waals surface area (Å²) >= 11 is 0. The van der Waals surface area contributed by atoms with Crippen molar-refractivity contribution in [3.63, 3.8) is 0 Å². The van der Waals surface area contributed by atoms with Crippen molar-refractivity contribution in [3.05, 3.63) is 54.1 Å². The molecule has 0 saturated carbocycles. The molecule has 0 spiro atoms. The van der Waals surface area contributed by atoms with E-state index in [-0.39, 0.29) is 6.04 Å². The highest BCUT2D eigenvalue weighted by Crippen LogP contribution is 2.15. The molecule has 1 aromatic heterocycles. The van der Waals surface area contributed by atoms with Crippen LogP contribution in [0.3, 0.4) is 0 Å². The van der Waals surface area contributed by atoms with Gasteiger partial charge in [-0.1, -0.05) is 30.3 Å². The minimum Gasteiger partial charge on any atom is -0.444 e. The van der Waals surface area contributed by atoms with Gasteiger partial charge in [-0.3, -0.25) is 0 Å². The third-order valence-electron chi connectivity index (χ3n) is 3.12. The van der Waals surface area contributed by atoms with E-state index in [1.54, 1.807) is 12.5 Å². The summed E-state index contributed by atoms with van der Waals surface area (Å²) in [7, 11) is 0. The standard InChI is InChI=1S/C17H23N3O2/c1-13(19-16(21)22-17(2,3)4)15-10-18-12-20(15)11-14-8-6-5-7-9-14/h5-10,12-13H,11H2,1-4H3,(H,19,21). The molecule has 1 aromatic carbocycles. The molecule has 22 heavy (non-hydrogen) atoms. The molecule has 0 fully saturated rings. The Bertz CT molecular complexity index is 614. The molecule has 0 bridgehead atoms.